The van der Waals surface area contributed by atoms with Crippen LogP contribution in [-0.2, 0) is 5.75 Å². The summed E-state index contributed by atoms with van der Waals surface area (Å²) in [6, 6.07) is 6.62. The van der Waals surface area contributed by atoms with Crippen LogP contribution in [0.5, 0.6) is 0 Å². The molecule has 1 rings (SSSR count). The zero-order valence-electron chi connectivity index (χ0n) is 8.34. The lowest BCUT2D eigenvalue weighted by Crippen LogP contribution is -2.01. The predicted molar refractivity (Wildman–Crippen MR) is 61.1 cm³/mol. The summed E-state index contributed by atoms with van der Waals surface area (Å²) in [5, 5.41) is 0. The predicted octanol–water partition coefficient (Wildman–Crippen LogP) is 2.50. The van der Waals surface area contributed by atoms with E-state index >= 15 is 0 Å². The first-order chi connectivity index (χ1) is 6.24. The van der Waals surface area contributed by atoms with Gasteiger partial charge in [0, 0.05) is 18.1 Å². The van der Waals surface area contributed by atoms with E-state index in [1.807, 2.05) is 11.8 Å². The van der Waals surface area contributed by atoms with Crippen molar-refractivity contribution < 1.29 is 0 Å². The van der Waals surface area contributed by atoms with Gasteiger partial charge in [0.2, 0.25) is 0 Å². The fraction of sp³-hybridized carbons (Fsp3) is 0.455. The van der Waals surface area contributed by atoms with Gasteiger partial charge < -0.3 is 5.73 Å². The average molecular weight is 195 g/mol. The van der Waals surface area contributed by atoms with Gasteiger partial charge in [-0.25, -0.2) is 0 Å². The quantitative estimate of drug-likeness (QED) is 0.747. The minimum absolute atomic E-state index is 0.773. The maximum absolute atomic E-state index is 5.43. The molecule has 1 nitrogen and oxygen atoms in total. The molecule has 0 atom stereocenters. The monoisotopic (exact) mass is 195 g/mol. The van der Waals surface area contributed by atoms with Gasteiger partial charge in [0.15, 0.2) is 0 Å². The molecule has 0 heterocycles. The van der Waals surface area contributed by atoms with Crippen molar-refractivity contribution >= 4 is 11.8 Å². The fourth-order valence-electron chi connectivity index (χ4n) is 1.27. The Kier molecular flexibility index (Phi) is 4.33. The number of hydrogen-bond donors (Lipinski definition) is 1. The van der Waals surface area contributed by atoms with Crippen molar-refractivity contribution in [1.82, 2.24) is 0 Å². The van der Waals surface area contributed by atoms with Crippen LogP contribution in [0.25, 0.3) is 0 Å². The second-order valence-corrected chi connectivity index (χ2v) is 4.38. The highest BCUT2D eigenvalue weighted by atomic mass is 32.2. The summed E-state index contributed by atoms with van der Waals surface area (Å²) in [5.74, 6) is 2.14. The van der Waals surface area contributed by atoms with Gasteiger partial charge in [-0.2, -0.15) is 11.8 Å². The minimum atomic E-state index is 0.773. The topological polar surface area (TPSA) is 26.0 Å². The molecule has 0 bridgehead atoms. The van der Waals surface area contributed by atoms with Crippen LogP contribution in [0, 0.1) is 13.8 Å². The van der Waals surface area contributed by atoms with Crippen molar-refractivity contribution in [2.45, 2.75) is 19.6 Å². The third kappa shape index (κ3) is 3.41. The normalized spacial score (nSPS) is 10.4. The van der Waals surface area contributed by atoms with E-state index in [-0.39, 0.29) is 0 Å². The maximum atomic E-state index is 5.43. The van der Waals surface area contributed by atoms with Crippen LogP contribution in [0.4, 0.5) is 0 Å². The van der Waals surface area contributed by atoms with Gasteiger partial charge in [-0.15, -0.1) is 0 Å². The lowest BCUT2D eigenvalue weighted by Gasteiger charge is -2.05. The Morgan fingerprint density at radius 3 is 2.69 bits per heavy atom. The summed E-state index contributed by atoms with van der Waals surface area (Å²) in [5.41, 5.74) is 9.60. The highest BCUT2D eigenvalue weighted by Crippen LogP contribution is 2.16. The summed E-state index contributed by atoms with van der Waals surface area (Å²) in [6.45, 7) is 5.07. The van der Waals surface area contributed by atoms with Gasteiger partial charge in [-0.3, -0.25) is 0 Å². The van der Waals surface area contributed by atoms with Crippen molar-refractivity contribution in [2.24, 2.45) is 5.73 Å². The smallest absolute Gasteiger partial charge is 0.0187 e. The molecule has 0 aromatic heterocycles. The van der Waals surface area contributed by atoms with E-state index in [1.54, 1.807) is 0 Å². The lowest BCUT2D eigenvalue weighted by atomic mass is 10.1. The van der Waals surface area contributed by atoms with Crippen LogP contribution >= 0.6 is 11.8 Å². The molecule has 0 amide bonds. The number of benzene rings is 1. The van der Waals surface area contributed by atoms with Crippen LogP contribution in [0.1, 0.15) is 16.7 Å². The Balaban J connectivity index is 2.56. The molecule has 0 aliphatic heterocycles. The zero-order chi connectivity index (χ0) is 9.68. The largest absolute Gasteiger partial charge is 0.330 e. The van der Waals surface area contributed by atoms with Crippen molar-refractivity contribution in [3.8, 4) is 0 Å². The summed E-state index contributed by atoms with van der Waals surface area (Å²) in [7, 11) is 0. The van der Waals surface area contributed by atoms with Crippen molar-refractivity contribution in [2.75, 3.05) is 12.3 Å². The van der Waals surface area contributed by atoms with Gasteiger partial charge in [0.1, 0.15) is 0 Å². The van der Waals surface area contributed by atoms with Gasteiger partial charge in [0.05, 0.1) is 0 Å². The van der Waals surface area contributed by atoms with E-state index in [0.29, 0.717) is 0 Å². The third-order valence-corrected chi connectivity index (χ3v) is 3.06. The van der Waals surface area contributed by atoms with Crippen molar-refractivity contribution in [3.63, 3.8) is 0 Å². The maximum Gasteiger partial charge on any atom is 0.0187 e. The summed E-state index contributed by atoms with van der Waals surface area (Å²) in [6.07, 6.45) is 0. The molecule has 1 aromatic rings. The first kappa shape index (κ1) is 10.6. The van der Waals surface area contributed by atoms with Gasteiger partial charge in [0.25, 0.3) is 0 Å². The molecule has 0 saturated heterocycles. The highest BCUT2D eigenvalue weighted by molar-refractivity contribution is 7.98. The summed E-state index contributed by atoms with van der Waals surface area (Å²) >= 11 is 1.90. The van der Waals surface area contributed by atoms with E-state index in [4.69, 9.17) is 5.73 Å². The molecular formula is C11H17NS. The van der Waals surface area contributed by atoms with Crippen LogP contribution in [0.3, 0.4) is 0 Å². The molecule has 0 fully saturated rings. The fourth-order valence-corrected chi connectivity index (χ4v) is 2.13. The van der Waals surface area contributed by atoms with Gasteiger partial charge >= 0.3 is 0 Å². The standard InChI is InChI=1S/C11H17NS/c1-9-3-4-11(10(2)7-9)8-13-6-5-12/h3-4,7H,5-6,8,12H2,1-2H3. The molecule has 0 saturated carbocycles. The molecule has 0 spiro atoms. The third-order valence-electron chi connectivity index (χ3n) is 2.02. The number of hydrogen-bond acceptors (Lipinski definition) is 2. The Morgan fingerprint density at radius 1 is 1.31 bits per heavy atom. The van der Waals surface area contributed by atoms with E-state index < -0.39 is 0 Å². The minimum Gasteiger partial charge on any atom is -0.330 e. The summed E-state index contributed by atoms with van der Waals surface area (Å²) in [4.78, 5) is 0. The Bertz CT molecular complexity index is 271. The van der Waals surface area contributed by atoms with Crippen molar-refractivity contribution in [1.29, 1.82) is 0 Å². The molecular weight excluding hydrogens is 178 g/mol. The second kappa shape index (κ2) is 5.30. The highest BCUT2D eigenvalue weighted by Gasteiger charge is 1.97. The van der Waals surface area contributed by atoms with Crippen LogP contribution in [0.2, 0.25) is 0 Å². The first-order valence-corrected chi connectivity index (χ1v) is 5.73. The lowest BCUT2D eigenvalue weighted by molar-refractivity contribution is 1.15. The van der Waals surface area contributed by atoms with E-state index in [9.17, 15) is 0 Å². The van der Waals surface area contributed by atoms with Crippen LogP contribution in [-0.4, -0.2) is 12.3 Å². The Hall–Kier alpha value is -0.470. The molecule has 0 aliphatic carbocycles. The number of thioether (sulfide) groups is 1. The van der Waals surface area contributed by atoms with E-state index in [0.717, 1.165) is 18.1 Å². The van der Waals surface area contributed by atoms with Crippen LogP contribution in [0.15, 0.2) is 18.2 Å². The van der Waals surface area contributed by atoms with Crippen molar-refractivity contribution in [3.05, 3.63) is 34.9 Å². The number of rotatable bonds is 4. The van der Waals surface area contributed by atoms with E-state index in [2.05, 4.69) is 32.0 Å². The average Bonchev–Trinajstić information content (AvgIpc) is 2.09. The SMILES string of the molecule is Cc1ccc(CSCCN)c(C)c1. The second-order valence-electron chi connectivity index (χ2n) is 3.27. The first-order valence-electron chi connectivity index (χ1n) is 4.58. The molecule has 13 heavy (non-hydrogen) atoms. The molecule has 0 unspecified atom stereocenters. The number of aryl methyl sites for hydroxylation is 2. The summed E-state index contributed by atoms with van der Waals surface area (Å²) < 4.78 is 0. The molecule has 0 radical (unpaired) electrons. The van der Waals surface area contributed by atoms with Crippen LogP contribution < -0.4 is 5.73 Å². The Morgan fingerprint density at radius 2 is 2.08 bits per heavy atom. The molecule has 72 valence electrons. The molecule has 1 aromatic carbocycles. The van der Waals surface area contributed by atoms with E-state index in [1.165, 1.54) is 16.7 Å². The molecule has 0 aliphatic rings. The Labute approximate surface area is 84.7 Å². The molecule has 2 N–H and O–H groups in total. The van der Waals surface area contributed by atoms with Gasteiger partial charge in [-0.05, 0) is 25.0 Å². The van der Waals surface area contributed by atoms with Gasteiger partial charge in [-0.1, -0.05) is 23.8 Å². The molecule has 2 heteroatoms. The number of nitrogens with two attached hydrogens (primary N) is 1. The zero-order valence-corrected chi connectivity index (χ0v) is 9.16.